The molecule has 0 radical (unpaired) electrons. The molecule has 0 saturated heterocycles. The number of aromatic nitrogens is 2. The summed E-state index contributed by atoms with van der Waals surface area (Å²) < 4.78 is 7.64. The van der Waals surface area contributed by atoms with Crippen LogP contribution in [0.25, 0.3) is 16.5 Å². The van der Waals surface area contributed by atoms with Gasteiger partial charge in [0, 0.05) is 29.0 Å². The summed E-state index contributed by atoms with van der Waals surface area (Å²) in [6.07, 6.45) is 0. The van der Waals surface area contributed by atoms with Crippen molar-refractivity contribution in [2.45, 2.75) is 33.1 Å². The van der Waals surface area contributed by atoms with Crippen molar-refractivity contribution in [3.63, 3.8) is 0 Å². The molecule has 1 aromatic heterocycles. The molecule has 0 fully saturated rings. The van der Waals surface area contributed by atoms with Crippen molar-refractivity contribution in [1.82, 2.24) is 14.7 Å². The predicted molar refractivity (Wildman–Crippen MR) is 148 cm³/mol. The normalized spacial score (nSPS) is 11.6. The topological polar surface area (TPSA) is 76.5 Å². The van der Waals surface area contributed by atoms with Crippen LogP contribution in [0, 0.1) is 6.92 Å². The van der Waals surface area contributed by atoms with Crippen LogP contribution in [0.2, 0.25) is 0 Å². The van der Waals surface area contributed by atoms with E-state index >= 15 is 0 Å². The van der Waals surface area contributed by atoms with E-state index < -0.39 is 11.7 Å². The molecule has 37 heavy (non-hydrogen) atoms. The van der Waals surface area contributed by atoms with Crippen molar-refractivity contribution in [2.75, 3.05) is 32.6 Å². The Morgan fingerprint density at radius 1 is 0.973 bits per heavy atom. The number of hydrogen-bond donors (Lipinski definition) is 1. The number of amides is 1. The molecule has 192 valence electrons. The highest BCUT2D eigenvalue weighted by Gasteiger charge is 2.25. The van der Waals surface area contributed by atoms with Crippen molar-refractivity contribution < 1.29 is 14.3 Å². The number of benzene rings is 3. The van der Waals surface area contributed by atoms with Gasteiger partial charge in [0.25, 0.3) is 11.7 Å². The lowest BCUT2D eigenvalue weighted by atomic mass is 9.92. The zero-order valence-electron chi connectivity index (χ0n) is 22.3. The molecule has 0 aliphatic rings. The average molecular weight is 499 g/mol. The first-order chi connectivity index (χ1) is 17.5. The molecule has 7 heteroatoms. The van der Waals surface area contributed by atoms with Gasteiger partial charge in [-0.05, 0) is 56.2 Å². The molecule has 3 aromatic carbocycles. The van der Waals surface area contributed by atoms with Gasteiger partial charge in [-0.15, -0.1) is 0 Å². The highest BCUT2D eigenvalue weighted by atomic mass is 16.5. The molecule has 0 saturated carbocycles. The maximum atomic E-state index is 13.4. The highest BCUT2D eigenvalue weighted by molar-refractivity contribution is 6.48. The van der Waals surface area contributed by atoms with E-state index in [1.807, 2.05) is 80.5 Å². The largest absolute Gasteiger partial charge is 0.492 e. The second-order valence-corrected chi connectivity index (χ2v) is 10.5. The van der Waals surface area contributed by atoms with Crippen LogP contribution in [-0.4, -0.2) is 53.6 Å². The third-order valence-electron chi connectivity index (χ3n) is 6.10. The third kappa shape index (κ3) is 5.89. The number of ether oxygens (including phenoxy) is 1. The zero-order valence-corrected chi connectivity index (χ0v) is 22.3. The molecule has 0 aliphatic heterocycles. The number of rotatable bonds is 8. The first-order valence-electron chi connectivity index (χ1n) is 12.4. The Bertz CT molecular complexity index is 1450. The van der Waals surface area contributed by atoms with E-state index in [-0.39, 0.29) is 5.41 Å². The van der Waals surface area contributed by atoms with E-state index in [0.717, 1.165) is 28.9 Å². The smallest absolute Gasteiger partial charge is 0.297 e. The summed E-state index contributed by atoms with van der Waals surface area (Å²) in [6, 6.07) is 20.6. The van der Waals surface area contributed by atoms with E-state index in [4.69, 9.17) is 9.84 Å². The lowest BCUT2D eigenvalue weighted by molar-refractivity contribution is -0.112. The van der Waals surface area contributed by atoms with Crippen molar-refractivity contribution in [2.24, 2.45) is 0 Å². The van der Waals surface area contributed by atoms with Gasteiger partial charge in [-0.2, -0.15) is 5.10 Å². The number of carbonyl (C=O) groups is 2. The van der Waals surface area contributed by atoms with Crippen LogP contribution in [0.1, 0.15) is 42.4 Å². The number of ketones is 1. The van der Waals surface area contributed by atoms with Gasteiger partial charge in [-0.3, -0.25) is 9.59 Å². The molecule has 1 amide bonds. The number of hydrogen-bond acceptors (Lipinski definition) is 5. The molecule has 7 nitrogen and oxygen atoms in total. The van der Waals surface area contributed by atoms with Gasteiger partial charge in [0.2, 0.25) is 0 Å². The lowest BCUT2D eigenvalue weighted by Crippen LogP contribution is -2.24. The van der Waals surface area contributed by atoms with Gasteiger partial charge < -0.3 is 15.0 Å². The summed E-state index contributed by atoms with van der Waals surface area (Å²) in [5, 5.41) is 9.04. The fourth-order valence-corrected chi connectivity index (χ4v) is 4.02. The minimum absolute atomic E-state index is 0.239. The number of carbonyl (C=O) groups excluding carboxylic acids is 2. The average Bonchev–Trinajstić information content (AvgIpc) is 3.28. The van der Waals surface area contributed by atoms with Gasteiger partial charge in [0.15, 0.2) is 0 Å². The van der Waals surface area contributed by atoms with E-state index in [1.165, 1.54) is 0 Å². The van der Waals surface area contributed by atoms with Gasteiger partial charge >= 0.3 is 0 Å². The van der Waals surface area contributed by atoms with Crippen LogP contribution < -0.4 is 10.1 Å². The maximum Gasteiger partial charge on any atom is 0.297 e. The Morgan fingerprint density at radius 3 is 2.38 bits per heavy atom. The van der Waals surface area contributed by atoms with Crippen LogP contribution >= 0.6 is 0 Å². The van der Waals surface area contributed by atoms with Crippen molar-refractivity contribution in [3.05, 3.63) is 83.6 Å². The van der Waals surface area contributed by atoms with E-state index in [0.29, 0.717) is 29.1 Å². The standard InChI is InChI=1S/C30H34N4O3/c1-20-10-9-11-21(18-20)34-27(19-26(32-34)30(2,3)4)31-29(36)28(35)24-14-15-25(37-17-16-33(5)6)23-13-8-7-12-22(23)24/h7-15,18-19H,16-17H2,1-6H3,(H,31,36). The fourth-order valence-electron chi connectivity index (χ4n) is 4.02. The summed E-state index contributed by atoms with van der Waals surface area (Å²) in [6.45, 7) is 9.45. The summed E-state index contributed by atoms with van der Waals surface area (Å²) in [5.74, 6) is -0.213. The lowest BCUT2D eigenvalue weighted by Gasteiger charge is -2.14. The number of anilines is 1. The molecule has 1 heterocycles. The summed E-state index contributed by atoms with van der Waals surface area (Å²) >= 11 is 0. The first-order valence-corrected chi connectivity index (χ1v) is 12.4. The molecule has 0 atom stereocenters. The van der Waals surface area contributed by atoms with Crippen LogP contribution in [0.15, 0.2) is 66.7 Å². The van der Waals surface area contributed by atoms with Gasteiger partial charge in [0.1, 0.15) is 18.2 Å². The number of nitrogens with one attached hydrogen (secondary N) is 1. The number of nitrogens with zero attached hydrogens (tertiary/aromatic N) is 3. The first kappa shape index (κ1) is 26.1. The molecule has 0 aliphatic carbocycles. The van der Waals surface area contributed by atoms with Crippen LogP contribution in [0.3, 0.4) is 0 Å². The van der Waals surface area contributed by atoms with Gasteiger partial charge in [-0.1, -0.05) is 57.2 Å². The zero-order chi connectivity index (χ0) is 26.7. The van der Waals surface area contributed by atoms with Crippen molar-refractivity contribution >= 4 is 28.3 Å². The molecule has 1 N–H and O–H groups in total. The Hall–Kier alpha value is -3.97. The predicted octanol–water partition coefficient (Wildman–Crippen LogP) is 5.39. The van der Waals surface area contributed by atoms with Crippen LogP contribution in [-0.2, 0) is 10.2 Å². The number of fused-ring (bicyclic) bond motifs is 1. The molecule has 0 spiro atoms. The van der Waals surface area contributed by atoms with E-state index in [9.17, 15) is 9.59 Å². The Kier molecular flexibility index (Phi) is 7.45. The Balaban J connectivity index is 1.66. The Morgan fingerprint density at radius 2 is 1.70 bits per heavy atom. The third-order valence-corrected chi connectivity index (χ3v) is 6.10. The Labute approximate surface area is 218 Å². The molecule has 0 bridgehead atoms. The maximum absolute atomic E-state index is 13.4. The molecular formula is C30H34N4O3. The van der Waals surface area contributed by atoms with Gasteiger partial charge in [0.05, 0.1) is 11.4 Å². The quantitative estimate of drug-likeness (QED) is 0.260. The minimum Gasteiger partial charge on any atom is -0.492 e. The molecular weight excluding hydrogens is 464 g/mol. The van der Waals surface area contributed by atoms with E-state index in [1.54, 1.807) is 16.8 Å². The van der Waals surface area contributed by atoms with Crippen LogP contribution in [0.5, 0.6) is 5.75 Å². The van der Waals surface area contributed by atoms with Crippen LogP contribution in [0.4, 0.5) is 5.82 Å². The van der Waals surface area contributed by atoms with Crippen molar-refractivity contribution in [1.29, 1.82) is 0 Å². The summed E-state index contributed by atoms with van der Waals surface area (Å²) in [4.78, 5) is 28.7. The summed E-state index contributed by atoms with van der Waals surface area (Å²) in [5.41, 5.74) is 2.77. The second kappa shape index (κ2) is 10.6. The van der Waals surface area contributed by atoms with E-state index in [2.05, 4.69) is 26.1 Å². The fraction of sp³-hybridized carbons (Fsp3) is 0.300. The SMILES string of the molecule is Cc1cccc(-n2nc(C(C)(C)C)cc2NC(=O)C(=O)c2ccc(OCCN(C)C)c3ccccc23)c1. The number of Topliss-reactive ketones (excluding diaryl/α,β-unsaturated/α-hetero) is 1. The van der Waals surface area contributed by atoms with Gasteiger partial charge in [-0.25, -0.2) is 4.68 Å². The highest BCUT2D eigenvalue weighted by Crippen LogP contribution is 2.30. The second-order valence-electron chi connectivity index (χ2n) is 10.5. The minimum atomic E-state index is -0.722. The van der Waals surface area contributed by atoms with Crippen molar-refractivity contribution in [3.8, 4) is 11.4 Å². The number of aryl methyl sites for hydroxylation is 1. The number of likely N-dealkylation sites (N-methyl/N-ethyl adjacent to an activating group) is 1. The summed E-state index contributed by atoms with van der Waals surface area (Å²) in [7, 11) is 3.97. The molecule has 0 unspecified atom stereocenters. The molecule has 4 rings (SSSR count). The monoisotopic (exact) mass is 498 g/mol. The molecule has 4 aromatic rings.